The topological polar surface area (TPSA) is 18.5 Å². The number of piperazine rings is 1. The summed E-state index contributed by atoms with van der Waals surface area (Å²) < 4.78 is 0. The summed E-state index contributed by atoms with van der Waals surface area (Å²) in [5, 5.41) is 5.81. The minimum Gasteiger partial charge on any atom is -0.383 e. The number of nitrogens with zero attached hydrogens (tertiary/aromatic N) is 2. The molecular weight excluding hydrogens is 437 g/mol. The van der Waals surface area contributed by atoms with E-state index in [1.54, 1.807) is 0 Å². The summed E-state index contributed by atoms with van der Waals surface area (Å²) in [7, 11) is 0. The molecule has 2 heterocycles. The number of halogens is 3. The van der Waals surface area contributed by atoms with Gasteiger partial charge in [-0.05, 0) is 67.8 Å². The van der Waals surface area contributed by atoms with E-state index in [9.17, 15) is 0 Å². The Morgan fingerprint density at radius 3 is 2.37 bits per heavy atom. The summed E-state index contributed by atoms with van der Waals surface area (Å²) in [6.07, 6.45) is 4.72. The van der Waals surface area contributed by atoms with E-state index in [4.69, 9.17) is 34.8 Å². The zero-order valence-corrected chi connectivity index (χ0v) is 19.8. The molecule has 1 fully saturated rings. The predicted molar refractivity (Wildman–Crippen MR) is 131 cm³/mol. The smallest absolute Gasteiger partial charge is 0.0655 e. The number of anilines is 2. The van der Waals surface area contributed by atoms with Gasteiger partial charge >= 0.3 is 0 Å². The van der Waals surface area contributed by atoms with Crippen molar-refractivity contribution < 1.29 is 0 Å². The fourth-order valence-corrected chi connectivity index (χ4v) is 5.61. The van der Waals surface area contributed by atoms with Crippen molar-refractivity contribution >= 4 is 46.2 Å². The Kier molecular flexibility index (Phi) is 7.04. The van der Waals surface area contributed by atoms with Gasteiger partial charge in [0.1, 0.15) is 0 Å². The lowest BCUT2D eigenvalue weighted by Crippen LogP contribution is -2.46. The number of fused-ring (bicyclic) bond motifs is 1. The van der Waals surface area contributed by atoms with Gasteiger partial charge in [0.25, 0.3) is 0 Å². The van der Waals surface area contributed by atoms with Crippen LogP contribution in [0.3, 0.4) is 0 Å². The second kappa shape index (κ2) is 9.56. The third kappa shape index (κ3) is 4.70. The van der Waals surface area contributed by atoms with Gasteiger partial charge in [0.05, 0.1) is 10.7 Å². The Morgan fingerprint density at radius 1 is 0.933 bits per heavy atom. The van der Waals surface area contributed by atoms with Gasteiger partial charge in [0.2, 0.25) is 0 Å². The van der Waals surface area contributed by atoms with Crippen molar-refractivity contribution in [3.8, 4) is 0 Å². The highest BCUT2D eigenvalue weighted by molar-refractivity contribution is 6.36. The molecule has 0 spiro atoms. The molecule has 1 saturated heterocycles. The lowest BCUT2D eigenvalue weighted by Gasteiger charge is -2.36. The Hall–Kier alpha value is -1.13. The lowest BCUT2D eigenvalue weighted by molar-refractivity contribution is 0.248. The molecule has 30 heavy (non-hydrogen) atoms. The molecule has 1 atom stereocenters. The van der Waals surface area contributed by atoms with Gasteiger partial charge in [-0.1, -0.05) is 48.1 Å². The molecule has 0 amide bonds. The molecule has 6 heteroatoms. The fraction of sp³-hybridized carbons (Fsp3) is 0.500. The largest absolute Gasteiger partial charge is 0.383 e. The summed E-state index contributed by atoms with van der Waals surface area (Å²) in [5.74, 6) is 0. The third-order valence-electron chi connectivity index (χ3n) is 6.85. The summed E-state index contributed by atoms with van der Waals surface area (Å²) in [4.78, 5) is 5.05. The van der Waals surface area contributed by atoms with Crippen molar-refractivity contribution in [2.24, 2.45) is 0 Å². The van der Waals surface area contributed by atoms with E-state index in [1.807, 2.05) is 18.2 Å². The maximum absolute atomic E-state index is 6.42. The number of rotatable bonds is 7. The van der Waals surface area contributed by atoms with Crippen molar-refractivity contribution in [2.45, 2.75) is 38.0 Å². The van der Waals surface area contributed by atoms with Crippen LogP contribution >= 0.6 is 34.8 Å². The van der Waals surface area contributed by atoms with E-state index >= 15 is 0 Å². The van der Waals surface area contributed by atoms with Gasteiger partial charge < -0.3 is 10.2 Å². The van der Waals surface area contributed by atoms with E-state index < -0.39 is 0 Å². The molecule has 0 bridgehead atoms. The van der Waals surface area contributed by atoms with E-state index in [-0.39, 0.29) is 5.41 Å². The van der Waals surface area contributed by atoms with Crippen LogP contribution in [0.25, 0.3) is 0 Å². The van der Waals surface area contributed by atoms with Crippen molar-refractivity contribution in [1.82, 2.24) is 4.90 Å². The number of benzene rings is 2. The summed E-state index contributed by atoms with van der Waals surface area (Å²) >= 11 is 18.7. The van der Waals surface area contributed by atoms with Crippen LogP contribution in [-0.4, -0.2) is 44.2 Å². The van der Waals surface area contributed by atoms with Crippen molar-refractivity contribution in [3.05, 3.63) is 57.0 Å². The number of unbranched alkanes of at least 4 members (excludes halogenated alkanes) is 1. The first-order valence-corrected chi connectivity index (χ1v) is 12.1. The van der Waals surface area contributed by atoms with Crippen LogP contribution in [0.2, 0.25) is 15.1 Å². The molecule has 0 saturated carbocycles. The standard InChI is InChI=1S/C24H30Cl3N3/c1-2-24(17-28-23-21(24)15-19(26)16-22(23)27)9-3-4-10-29-11-13-30(14-12-29)20-7-5-18(25)6-8-20/h5-8,15-16,28H,2-4,9-14,17H2,1H3. The Morgan fingerprint density at radius 2 is 1.67 bits per heavy atom. The highest BCUT2D eigenvalue weighted by Crippen LogP contribution is 2.47. The Labute approximate surface area is 195 Å². The molecule has 2 aliphatic rings. The van der Waals surface area contributed by atoms with Crippen LogP contribution in [0.1, 0.15) is 38.2 Å². The monoisotopic (exact) mass is 465 g/mol. The average molecular weight is 467 g/mol. The van der Waals surface area contributed by atoms with Gasteiger partial charge in [-0.2, -0.15) is 0 Å². The molecule has 162 valence electrons. The first-order chi connectivity index (χ1) is 14.5. The van der Waals surface area contributed by atoms with Gasteiger partial charge in [0, 0.05) is 53.9 Å². The van der Waals surface area contributed by atoms with E-state index in [0.717, 1.165) is 59.9 Å². The quantitative estimate of drug-likeness (QED) is 0.457. The van der Waals surface area contributed by atoms with Crippen LogP contribution in [0.4, 0.5) is 11.4 Å². The highest BCUT2D eigenvalue weighted by atomic mass is 35.5. The first-order valence-electron chi connectivity index (χ1n) is 11.0. The van der Waals surface area contributed by atoms with Crippen LogP contribution in [0, 0.1) is 0 Å². The van der Waals surface area contributed by atoms with Crippen molar-refractivity contribution in [1.29, 1.82) is 0 Å². The maximum Gasteiger partial charge on any atom is 0.0655 e. The Bertz CT molecular complexity index is 863. The van der Waals surface area contributed by atoms with Crippen LogP contribution < -0.4 is 10.2 Å². The fourth-order valence-electron chi connectivity index (χ4n) is 4.92. The van der Waals surface area contributed by atoms with Crippen LogP contribution in [-0.2, 0) is 5.41 Å². The van der Waals surface area contributed by atoms with E-state index in [2.05, 4.69) is 40.2 Å². The van der Waals surface area contributed by atoms with E-state index in [1.165, 1.54) is 37.1 Å². The predicted octanol–water partition coefficient (Wildman–Crippen LogP) is 6.71. The molecule has 0 aromatic heterocycles. The lowest BCUT2D eigenvalue weighted by atomic mass is 9.76. The van der Waals surface area contributed by atoms with Crippen molar-refractivity contribution in [2.75, 3.05) is 49.5 Å². The van der Waals surface area contributed by atoms with Gasteiger partial charge in [-0.3, -0.25) is 4.90 Å². The van der Waals surface area contributed by atoms with Gasteiger partial charge in [0.15, 0.2) is 0 Å². The van der Waals surface area contributed by atoms with E-state index in [0.29, 0.717) is 0 Å². The molecule has 0 aliphatic carbocycles. The molecular formula is C24H30Cl3N3. The molecule has 2 aliphatic heterocycles. The summed E-state index contributed by atoms with van der Waals surface area (Å²) in [5.41, 5.74) is 3.81. The molecule has 4 rings (SSSR count). The number of hydrogen-bond acceptors (Lipinski definition) is 3. The highest BCUT2D eigenvalue weighted by Gasteiger charge is 2.38. The minimum atomic E-state index is 0.150. The molecule has 3 nitrogen and oxygen atoms in total. The van der Waals surface area contributed by atoms with Gasteiger partial charge in [-0.25, -0.2) is 0 Å². The molecule has 0 radical (unpaired) electrons. The van der Waals surface area contributed by atoms with Crippen LogP contribution in [0.5, 0.6) is 0 Å². The molecule has 1 unspecified atom stereocenters. The van der Waals surface area contributed by atoms with Crippen LogP contribution in [0.15, 0.2) is 36.4 Å². The third-order valence-corrected chi connectivity index (χ3v) is 7.62. The minimum absolute atomic E-state index is 0.150. The molecule has 2 aromatic rings. The zero-order chi connectivity index (χ0) is 21.1. The second-order valence-corrected chi connectivity index (χ2v) is 9.84. The second-order valence-electron chi connectivity index (χ2n) is 8.56. The maximum atomic E-state index is 6.42. The zero-order valence-electron chi connectivity index (χ0n) is 17.6. The normalized spacial score (nSPS) is 21.5. The molecule has 2 aromatic carbocycles. The SMILES string of the molecule is CCC1(CCCCN2CCN(c3ccc(Cl)cc3)CC2)CNc2c(Cl)cc(Cl)cc21. The Balaban J connectivity index is 1.26. The summed E-state index contributed by atoms with van der Waals surface area (Å²) in [6.45, 7) is 8.81. The number of hydrogen-bond donors (Lipinski definition) is 1. The van der Waals surface area contributed by atoms with Gasteiger partial charge in [-0.15, -0.1) is 0 Å². The summed E-state index contributed by atoms with van der Waals surface area (Å²) in [6, 6.07) is 12.1. The average Bonchev–Trinajstić information content (AvgIpc) is 3.11. The molecule has 1 N–H and O–H groups in total. The van der Waals surface area contributed by atoms with Crippen molar-refractivity contribution in [3.63, 3.8) is 0 Å². The number of nitrogens with one attached hydrogen (secondary N) is 1. The first kappa shape index (κ1) is 22.1.